The maximum atomic E-state index is 12.4. The van der Waals surface area contributed by atoms with Crippen LogP contribution in [0.3, 0.4) is 0 Å². The summed E-state index contributed by atoms with van der Waals surface area (Å²) < 4.78 is 0. The molecule has 0 radical (unpaired) electrons. The third-order valence-corrected chi connectivity index (χ3v) is 4.90. The Morgan fingerprint density at radius 1 is 1.17 bits per heavy atom. The molecule has 0 aromatic heterocycles. The molecule has 18 heavy (non-hydrogen) atoms. The zero-order valence-corrected chi connectivity index (χ0v) is 12.0. The van der Waals surface area contributed by atoms with Crippen molar-refractivity contribution in [2.24, 2.45) is 16.6 Å². The number of likely N-dealkylation sites (tertiary alicyclic amines) is 1. The molecule has 1 aliphatic carbocycles. The Labute approximate surface area is 111 Å². The van der Waals surface area contributed by atoms with Gasteiger partial charge in [-0.05, 0) is 36.6 Å². The fourth-order valence-electron chi connectivity index (χ4n) is 3.51. The summed E-state index contributed by atoms with van der Waals surface area (Å²) in [5.74, 6) is 0.341. The van der Waals surface area contributed by atoms with Crippen molar-refractivity contribution >= 4 is 5.91 Å². The van der Waals surface area contributed by atoms with Crippen molar-refractivity contribution in [3.8, 4) is 0 Å². The molecule has 0 unspecified atom stereocenters. The summed E-state index contributed by atoms with van der Waals surface area (Å²) in [6.45, 7) is 7.04. The van der Waals surface area contributed by atoms with Crippen molar-refractivity contribution in [2.45, 2.75) is 58.8 Å². The standard InChI is InChI=1S/C15H28N2O/c1-14(2)8-9-17(12-14)13(18)10-15(11-16)6-4-3-5-7-15/h3-12,16H2,1-2H3. The average Bonchev–Trinajstić information content (AvgIpc) is 2.71. The predicted octanol–water partition coefficient (Wildman–Crippen LogP) is 2.54. The molecule has 1 amide bonds. The van der Waals surface area contributed by atoms with Crippen LogP contribution < -0.4 is 5.73 Å². The number of nitrogens with two attached hydrogens (primary N) is 1. The second-order valence-electron chi connectivity index (χ2n) is 7.17. The lowest BCUT2D eigenvalue weighted by Crippen LogP contribution is -2.40. The van der Waals surface area contributed by atoms with Crippen molar-refractivity contribution in [3.63, 3.8) is 0 Å². The summed E-state index contributed by atoms with van der Waals surface area (Å²) in [6, 6.07) is 0. The van der Waals surface area contributed by atoms with Gasteiger partial charge in [-0.25, -0.2) is 0 Å². The second kappa shape index (κ2) is 5.20. The van der Waals surface area contributed by atoms with E-state index in [4.69, 9.17) is 5.73 Å². The van der Waals surface area contributed by atoms with Crippen molar-refractivity contribution < 1.29 is 4.79 Å². The van der Waals surface area contributed by atoms with E-state index < -0.39 is 0 Å². The molecule has 3 nitrogen and oxygen atoms in total. The number of hydrogen-bond acceptors (Lipinski definition) is 2. The molecule has 0 aromatic rings. The first-order chi connectivity index (χ1) is 8.46. The van der Waals surface area contributed by atoms with E-state index in [-0.39, 0.29) is 5.41 Å². The summed E-state index contributed by atoms with van der Waals surface area (Å²) in [5, 5.41) is 0. The molecule has 1 saturated carbocycles. The van der Waals surface area contributed by atoms with Crippen LogP contribution in [0, 0.1) is 10.8 Å². The smallest absolute Gasteiger partial charge is 0.223 e. The molecular weight excluding hydrogens is 224 g/mol. The van der Waals surface area contributed by atoms with Crippen LogP contribution in [0.5, 0.6) is 0 Å². The van der Waals surface area contributed by atoms with Gasteiger partial charge >= 0.3 is 0 Å². The van der Waals surface area contributed by atoms with Crippen LogP contribution in [0.2, 0.25) is 0 Å². The minimum Gasteiger partial charge on any atom is -0.342 e. The average molecular weight is 252 g/mol. The summed E-state index contributed by atoms with van der Waals surface area (Å²) in [6.07, 6.45) is 7.91. The first kappa shape index (κ1) is 13.9. The number of carbonyl (C=O) groups is 1. The zero-order chi connectivity index (χ0) is 13.2. The number of amides is 1. The van der Waals surface area contributed by atoms with Crippen molar-refractivity contribution in [1.29, 1.82) is 0 Å². The van der Waals surface area contributed by atoms with Crippen molar-refractivity contribution in [3.05, 3.63) is 0 Å². The van der Waals surface area contributed by atoms with Gasteiger partial charge in [-0.3, -0.25) is 4.79 Å². The van der Waals surface area contributed by atoms with Crippen LogP contribution in [0.1, 0.15) is 58.8 Å². The summed E-state index contributed by atoms with van der Waals surface area (Å²) in [5.41, 5.74) is 6.38. The van der Waals surface area contributed by atoms with Crippen molar-refractivity contribution in [1.82, 2.24) is 4.90 Å². The van der Waals surface area contributed by atoms with Gasteiger partial charge in [0.25, 0.3) is 0 Å². The maximum absolute atomic E-state index is 12.4. The van der Waals surface area contributed by atoms with E-state index >= 15 is 0 Å². The molecular formula is C15H28N2O. The Morgan fingerprint density at radius 2 is 1.83 bits per heavy atom. The number of hydrogen-bond donors (Lipinski definition) is 1. The predicted molar refractivity (Wildman–Crippen MR) is 74.2 cm³/mol. The van der Waals surface area contributed by atoms with E-state index in [9.17, 15) is 4.79 Å². The Bertz CT molecular complexity index is 306. The summed E-state index contributed by atoms with van der Waals surface area (Å²) in [7, 11) is 0. The minimum atomic E-state index is 0.113. The SMILES string of the molecule is CC1(C)CCN(C(=O)CC2(CN)CCCCC2)C1. The lowest BCUT2D eigenvalue weighted by molar-refractivity contribution is -0.133. The highest BCUT2D eigenvalue weighted by Gasteiger charge is 2.37. The lowest BCUT2D eigenvalue weighted by Gasteiger charge is -2.37. The minimum absolute atomic E-state index is 0.113. The fourth-order valence-corrected chi connectivity index (χ4v) is 3.51. The van der Waals surface area contributed by atoms with Gasteiger partial charge in [0.2, 0.25) is 5.91 Å². The van der Waals surface area contributed by atoms with Gasteiger partial charge < -0.3 is 10.6 Å². The molecule has 2 rings (SSSR count). The lowest BCUT2D eigenvalue weighted by atomic mass is 9.71. The van der Waals surface area contributed by atoms with Gasteiger partial charge in [0.1, 0.15) is 0 Å². The number of carbonyl (C=O) groups excluding carboxylic acids is 1. The summed E-state index contributed by atoms with van der Waals surface area (Å²) in [4.78, 5) is 14.5. The van der Waals surface area contributed by atoms with E-state index in [0.29, 0.717) is 24.3 Å². The molecule has 0 spiro atoms. The molecule has 104 valence electrons. The molecule has 3 heteroatoms. The van der Waals surface area contributed by atoms with Gasteiger partial charge in [-0.15, -0.1) is 0 Å². The van der Waals surface area contributed by atoms with Gasteiger partial charge in [0, 0.05) is 19.5 Å². The molecule has 1 saturated heterocycles. The zero-order valence-electron chi connectivity index (χ0n) is 12.0. The molecule has 2 aliphatic rings. The second-order valence-corrected chi connectivity index (χ2v) is 7.17. The normalized spacial score (nSPS) is 26.3. The summed E-state index contributed by atoms with van der Waals surface area (Å²) >= 11 is 0. The molecule has 0 bridgehead atoms. The monoisotopic (exact) mass is 252 g/mol. The van der Waals surface area contributed by atoms with E-state index in [1.807, 2.05) is 0 Å². The van der Waals surface area contributed by atoms with Crippen molar-refractivity contribution in [2.75, 3.05) is 19.6 Å². The topological polar surface area (TPSA) is 46.3 Å². The van der Waals surface area contributed by atoms with Crippen LogP contribution in [-0.4, -0.2) is 30.4 Å². The first-order valence-corrected chi connectivity index (χ1v) is 7.44. The highest BCUT2D eigenvalue weighted by molar-refractivity contribution is 5.77. The molecule has 2 N–H and O–H groups in total. The first-order valence-electron chi connectivity index (χ1n) is 7.44. The van der Waals surface area contributed by atoms with E-state index in [2.05, 4.69) is 18.7 Å². The fraction of sp³-hybridized carbons (Fsp3) is 0.933. The van der Waals surface area contributed by atoms with Gasteiger partial charge in [-0.2, -0.15) is 0 Å². The molecule has 0 atom stereocenters. The Kier molecular flexibility index (Phi) is 4.00. The highest BCUT2D eigenvalue weighted by Crippen LogP contribution is 2.39. The van der Waals surface area contributed by atoms with E-state index in [1.54, 1.807) is 0 Å². The van der Waals surface area contributed by atoms with Crippen LogP contribution >= 0.6 is 0 Å². The number of nitrogens with zero attached hydrogens (tertiary/aromatic N) is 1. The largest absolute Gasteiger partial charge is 0.342 e. The Morgan fingerprint density at radius 3 is 2.33 bits per heavy atom. The Balaban J connectivity index is 1.93. The van der Waals surface area contributed by atoms with E-state index in [1.165, 1.54) is 19.3 Å². The van der Waals surface area contributed by atoms with Gasteiger partial charge in [0.05, 0.1) is 0 Å². The van der Waals surface area contributed by atoms with Crippen LogP contribution in [0.15, 0.2) is 0 Å². The van der Waals surface area contributed by atoms with Crippen LogP contribution in [0.25, 0.3) is 0 Å². The third-order valence-electron chi connectivity index (χ3n) is 4.90. The molecule has 1 aliphatic heterocycles. The van der Waals surface area contributed by atoms with Gasteiger partial charge in [0.15, 0.2) is 0 Å². The molecule has 1 heterocycles. The Hall–Kier alpha value is -0.570. The quantitative estimate of drug-likeness (QED) is 0.839. The number of rotatable bonds is 3. The maximum Gasteiger partial charge on any atom is 0.223 e. The van der Waals surface area contributed by atoms with E-state index in [0.717, 1.165) is 32.4 Å². The highest BCUT2D eigenvalue weighted by atomic mass is 16.2. The third kappa shape index (κ3) is 3.05. The molecule has 2 fully saturated rings. The van der Waals surface area contributed by atoms with Crippen LogP contribution in [-0.2, 0) is 4.79 Å². The van der Waals surface area contributed by atoms with Gasteiger partial charge in [-0.1, -0.05) is 33.1 Å². The molecule has 0 aromatic carbocycles. The van der Waals surface area contributed by atoms with Crippen LogP contribution in [0.4, 0.5) is 0 Å².